The van der Waals surface area contributed by atoms with E-state index in [1.165, 1.54) is 11.8 Å². The number of carbonyl (C=O) groups excluding carboxylic acids is 3. The molecule has 1 heterocycles. The second kappa shape index (κ2) is 9.07. The van der Waals surface area contributed by atoms with Gasteiger partial charge in [-0.15, -0.1) is 23.1 Å². The van der Waals surface area contributed by atoms with E-state index in [4.69, 9.17) is 22.1 Å². The van der Waals surface area contributed by atoms with Crippen molar-refractivity contribution in [2.45, 2.75) is 18.7 Å². The van der Waals surface area contributed by atoms with Gasteiger partial charge in [0, 0.05) is 9.92 Å². The third kappa shape index (κ3) is 5.00. The fraction of sp³-hybridized carbons (Fsp3) is 0.235. The molecule has 0 spiro atoms. The SMILES string of the molecule is CCOC(=O)c1c(NC(=O)CSc2ccc(Cl)cc2)sc(C(N)=O)c1C. The summed E-state index contributed by atoms with van der Waals surface area (Å²) in [5.41, 5.74) is 5.91. The first-order chi connectivity index (χ1) is 12.3. The standard InChI is InChI=1S/C17H17ClN2O4S2/c1-3-24-17(23)13-9(2)14(15(19)22)26-16(13)20-12(21)8-25-11-6-4-10(18)5-7-11/h4-7H,3,8H2,1-2H3,(H2,19,22)(H,20,21). The van der Waals surface area contributed by atoms with Gasteiger partial charge in [-0.05, 0) is 43.7 Å². The molecule has 3 N–H and O–H groups in total. The zero-order valence-electron chi connectivity index (χ0n) is 14.1. The number of hydrogen-bond acceptors (Lipinski definition) is 6. The molecule has 0 atom stereocenters. The van der Waals surface area contributed by atoms with Crippen molar-refractivity contribution >= 4 is 57.5 Å². The lowest BCUT2D eigenvalue weighted by atomic mass is 10.1. The van der Waals surface area contributed by atoms with Crippen molar-refractivity contribution in [3.05, 3.63) is 45.3 Å². The van der Waals surface area contributed by atoms with Crippen LogP contribution < -0.4 is 11.1 Å². The normalized spacial score (nSPS) is 10.4. The summed E-state index contributed by atoms with van der Waals surface area (Å²) in [5.74, 6) is -1.44. The molecule has 138 valence electrons. The summed E-state index contributed by atoms with van der Waals surface area (Å²) in [6.45, 7) is 3.45. The number of halogens is 1. The van der Waals surface area contributed by atoms with Crippen LogP contribution in [0.4, 0.5) is 5.00 Å². The maximum Gasteiger partial charge on any atom is 0.341 e. The monoisotopic (exact) mass is 412 g/mol. The smallest absolute Gasteiger partial charge is 0.341 e. The van der Waals surface area contributed by atoms with E-state index < -0.39 is 11.9 Å². The number of thioether (sulfide) groups is 1. The zero-order chi connectivity index (χ0) is 19.3. The average molecular weight is 413 g/mol. The van der Waals surface area contributed by atoms with Crippen LogP contribution in [0.3, 0.4) is 0 Å². The van der Waals surface area contributed by atoms with Crippen molar-refractivity contribution in [1.82, 2.24) is 0 Å². The van der Waals surface area contributed by atoms with Crippen LogP contribution in [0.5, 0.6) is 0 Å². The molecule has 6 nitrogen and oxygen atoms in total. The predicted molar refractivity (Wildman–Crippen MR) is 104 cm³/mol. The molecule has 1 aromatic carbocycles. The van der Waals surface area contributed by atoms with Crippen LogP contribution in [-0.2, 0) is 9.53 Å². The van der Waals surface area contributed by atoms with Crippen molar-refractivity contribution in [2.75, 3.05) is 17.7 Å². The molecule has 2 amide bonds. The van der Waals surface area contributed by atoms with E-state index in [1.807, 2.05) is 12.1 Å². The minimum atomic E-state index is -0.658. The van der Waals surface area contributed by atoms with Crippen LogP contribution in [0.25, 0.3) is 0 Å². The number of primary amides is 1. The fourth-order valence-corrected chi connectivity index (χ4v) is 4.02. The van der Waals surface area contributed by atoms with Crippen LogP contribution in [0.2, 0.25) is 5.02 Å². The highest BCUT2D eigenvalue weighted by Gasteiger charge is 2.25. The summed E-state index contributed by atoms with van der Waals surface area (Å²) < 4.78 is 5.01. The van der Waals surface area contributed by atoms with Gasteiger partial charge < -0.3 is 15.8 Å². The molecule has 0 aliphatic rings. The second-order valence-corrected chi connectivity index (χ2v) is 7.64. The Morgan fingerprint density at radius 2 is 1.92 bits per heavy atom. The summed E-state index contributed by atoms with van der Waals surface area (Å²) in [7, 11) is 0. The van der Waals surface area contributed by atoms with Gasteiger partial charge in [-0.25, -0.2) is 4.79 Å². The van der Waals surface area contributed by atoms with Gasteiger partial charge in [-0.3, -0.25) is 9.59 Å². The number of rotatable bonds is 7. The predicted octanol–water partition coefficient (Wildman–Crippen LogP) is 3.72. The number of thiophene rings is 1. The van der Waals surface area contributed by atoms with E-state index in [9.17, 15) is 14.4 Å². The number of ether oxygens (including phenoxy) is 1. The first-order valence-corrected chi connectivity index (χ1v) is 9.80. The van der Waals surface area contributed by atoms with Crippen molar-refractivity contribution in [2.24, 2.45) is 5.73 Å². The molecule has 0 bridgehead atoms. The van der Waals surface area contributed by atoms with Crippen LogP contribution >= 0.6 is 34.7 Å². The number of amides is 2. The number of nitrogens with two attached hydrogens (primary N) is 1. The largest absolute Gasteiger partial charge is 0.462 e. The first-order valence-electron chi connectivity index (χ1n) is 7.62. The lowest BCUT2D eigenvalue weighted by molar-refractivity contribution is -0.113. The molecule has 26 heavy (non-hydrogen) atoms. The molecule has 0 aliphatic carbocycles. The summed E-state index contributed by atoms with van der Waals surface area (Å²) in [6, 6.07) is 7.10. The van der Waals surface area contributed by atoms with Gasteiger partial charge in [0.25, 0.3) is 5.91 Å². The van der Waals surface area contributed by atoms with E-state index >= 15 is 0 Å². The Morgan fingerprint density at radius 1 is 1.27 bits per heavy atom. The molecule has 2 aromatic rings. The Labute approximate surface area is 164 Å². The molecule has 2 rings (SSSR count). The van der Waals surface area contributed by atoms with Gasteiger partial charge >= 0.3 is 5.97 Å². The lowest BCUT2D eigenvalue weighted by Gasteiger charge is -2.07. The van der Waals surface area contributed by atoms with Crippen LogP contribution in [-0.4, -0.2) is 30.1 Å². The van der Waals surface area contributed by atoms with Gasteiger partial charge in [-0.1, -0.05) is 11.6 Å². The van der Waals surface area contributed by atoms with E-state index in [1.54, 1.807) is 26.0 Å². The second-order valence-electron chi connectivity index (χ2n) is 5.14. The minimum absolute atomic E-state index is 0.132. The van der Waals surface area contributed by atoms with Crippen molar-refractivity contribution in [3.8, 4) is 0 Å². The molecule has 0 unspecified atom stereocenters. The molecule has 0 saturated carbocycles. The molecular formula is C17H17ClN2O4S2. The van der Waals surface area contributed by atoms with Crippen molar-refractivity contribution in [3.63, 3.8) is 0 Å². The average Bonchev–Trinajstić information content (AvgIpc) is 2.91. The fourth-order valence-electron chi connectivity index (χ4n) is 2.13. The van der Waals surface area contributed by atoms with E-state index in [0.717, 1.165) is 16.2 Å². The molecule has 1 aromatic heterocycles. The molecule has 0 radical (unpaired) electrons. The van der Waals surface area contributed by atoms with E-state index in [-0.39, 0.29) is 33.7 Å². The van der Waals surface area contributed by atoms with Crippen LogP contribution in [0, 0.1) is 6.92 Å². The minimum Gasteiger partial charge on any atom is -0.462 e. The van der Waals surface area contributed by atoms with Crippen LogP contribution in [0.15, 0.2) is 29.2 Å². The van der Waals surface area contributed by atoms with Gasteiger partial charge in [0.1, 0.15) is 5.00 Å². The highest BCUT2D eigenvalue weighted by Crippen LogP contribution is 2.33. The number of nitrogens with one attached hydrogen (secondary N) is 1. The number of esters is 1. The Bertz CT molecular complexity index is 834. The third-order valence-corrected chi connectivity index (χ3v) is 5.77. The topological polar surface area (TPSA) is 98.5 Å². The van der Waals surface area contributed by atoms with Gasteiger partial charge in [0.05, 0.1) is 22.8 Å². The number of anilines is 1. The first kappa shape index (κ1) is 20.3. The summed E-state index contributed by atoms with van der Waals surface area (Å²) in [6.07, 6.45) is 0. The maximum atomic E-state index is 12.3. The third-order valence-electron chi connectivity index (χ3n) is 3.29. The molecule has 0 fully saturated rings. The Kier molecular flexibility index (Phi) is 7.07. The Hall–Kier alpha value is -2.03. The van der Waals surface area contributed by atoms with Crippen LogP contribution in [0.1, 0.15) is 32.5 Å². The molecule has 9 heteroatoms. The highest BCUT2D eigenvalue weighted by molar-refractivity contribution is 8.00. The van der Waals surface area contributed by atoms with E-state index in [2.05, 4.69) is 5.32 Å². The van der Waals surface area contributed by atoms with Crippen molar-refractivity contribution < 1.29 is 19.1 Å². The Balaban J connectivity index is 2.15. The van der Waals surface area contributed by atoms with E-state index in [0.29, 0.717) is 10.6 Å². The highest BCUT2D eigenvalue weighted by atomic mass is 35.5. The van der Waals surface area contributed by atoms with Gasteiger partial charge in [-0.2, -0.15) is 0 Å². The number of benzene rings is 1. The van der Waals surface area contributed by atoms with Gasteiger partial charge in [0.2, 0.25) is 5.91 Å². The summed E-state index contributed by atoms with van der Waals surface area (Å²) >= 11 is 8.12. The summed E-state index contributed by atoms with van der Waals surface area (Å²) in [5, 5.41) is 3.55. The lowest BCUT2D eigenvalue weighted by Crippen LogP contribution is -2.16. The summed E-state index contributed by atoms with van der Waals surface area (Å²) in [4.78, 5) is 37.1. The quantitative estimate of drug-likeness (QED) is 0.533. The van der Waals surface area contributed by atoms with Crippen molar-refractivity contribution in [1.29, 1.82) is 0 Å². The maximum absolute atomic E-state index is 12.3. The van der Waals surface area contributed by atoms with Gasteiger partial charge in [0.15, 0.2) is 0 Å². The molecule has 0 aliphatic heterocycles. The number of hydrogen-bond donors (Lipinski definition) is 2. The molecular weight excluding hydrogens is 396 g/mol. The number of carbonyl (C=O) groups is 3. The molecule has 0 saturated heterocycles. The Morgan fingerprint density at radius 3 is 2.50 bits per heavy atom. The zero-order valence-corrected chi connectivity index (χ0v) is 16.5.